The fourth-order valence-corrected chi connectivity index (χ4v) is 2.87. The molecule has 0 amide bonds. The highest BCUT2D eigenvalue weighted by atomic mass is 35.5. The van der Waals surface area contributed by atoms with Gasteiger partial charge in [-0.2, -0.15) is 0 Å². The molecule has 102 valence electrons. The zero-order valence-electron chi connectivity index (χ0n) is 10.8. The van der Waals surface area contributed by atoms with Crippen LogP contribution in [-0.4, -0.2) is 17.1 Å². The van der Waals surface area contributed by atoms with Crippen molar-refractivity contribution in [3.8, 4) is 0 Å². The van der Waals surface area contributed by atoms with Crippen LogP contribution in [-0.2, 0) is 17.8 Å². The molecule has 0 saturated carbocycles. The Labute approximate surface area is 122 Å². The van der Waals surface area contributed by atoms with Gasteiger partial charge in [-0.05, 0) is 23.3 Å². The highest BCUT2D eigenvalue weighted by Crippen LogP contribution is 2.34. The van der Waals surface area contributed by atoms with Gasteiger partial charge in [-0.1, -0.05) is 48.0 Å². The molecule has 2 aromatic carbocycles. The number of fused-ring (bicyclic) bond motifs is 1. The molecule has 1 N–H and O–H groups in total. The van der Waals surface area contributed by atoms with E-state index >= 15 is 0 Å². The largest absolute Gasteiger partial charge is 0.480 e. The average molecular weight is 288 g/mol. The van der Waals surface area contributed by atoms with Gasteiger partial charge in [0.1, 0.15) is 6.04 Å². The Bertz CT molecular complexity index is 656. The SMILES string of the molecule is O=C(O)C1Cc2ccccc2N1Cc1ccccc1Cl. The fourth-order valence-electron chi connectivity index (χ4n) is 2.68. The Morgan fingerprint density at radius 1 is 1.20 bits per heavy atom. The van der Waals surface area contributed by atoms with Crippen LogP contribution in [0, 0.1) is 0 Å². The van der Waals surface area contributed by atoms with Gasteiger partial charge in [0, 0.05) is 23.7 Å². The molecular formula is C16H14ClNO2. The first-order valence-corrected chi connectivity index (χ1v) is 6.85. The second-order valence-electron chi connectivity index (χ2n) is 4.91. The Kier molecular flexibility index (Phi) is 3.36. The molecule has 0 saturated heterocycles. The highest BCUT2D eigenvalue weighted by molar-refractivity contribution is 6.31. The van der Waals surface area contributed by atoms with Crippen molar-refractivity contribution in [1.29, 1.82) is 0 Å². The number of halogens is 1. The molecule has 0 aromatic heterocycles. The van der Waals surface area contributed by atoms with Gasteiger partial charge in [-0.3, -0.25) is 0 Å². The maximum absolute atomic E-state index is 11.5. The molecule has 1 aliphatic heterocycles. The van der Waals surface area contributed by atoms with Gasteiger partial charge in [0.05, 0.1) is 0 Å². The standard InChI is InChI=1S/C16H14ClNO2/c17-13-7-3-1-6-12(13)10-18-14-8-4-2-5-11(14)9-15(18)16(19)20/h1-8,15H,9-10H2,(H,19,20). The van der Waals surface area contributed by atoms with Crippen molar-refractivity contribution in [2.45, 2.75) is 19.0 Å². The van der Waals surface area contributed by atoms with Crippen LogP contribution in [0.5, 0.6) is 0 Å². The zero-order valence-corrected chi connectivity index (χ0v) is 11.5. The topological polar surface area (TPSA) is 40.5 Å². The van der Waals surface area contributed by atoms with Crippen molar-refractivity contribution in [2.75, 3.05) is 4.90 Å². The molecule has 0 bridgehead atoms. The lowest BCUT2D eigenvalue weighted by molar-refractivity contribution is -0.138. The van der Waals surface area contributed by atoms with E-state index in [-0.39, 0.29) is 0 Å². The van der Waals surface area contributed by atoms with E-state index in [0.29, 0.717) is 18.0 Å². The number of hydrogen-bond acceptors (Lipinski definition) is 2. The molecular weight excluding hydrogens is 274 g/mol. The summed E-state index contributed by atoms with van der Waals surface area (Å²) in [6.45, 7) is 0.508. The van der Waals surface area contributed by atoms with Crippen molar-refractivity contribution >= 4 is 23.3 Å². The van der Waals surface area contributed by atoms with Crippen molar-refractivity contribution in [2.24, 2.45) is 0 Å². The molecule has 1 atom stereocenters. The second-order valence-corrected chi connectivity index (χ2v) is 5.31. The molecule has 0 aliphatic carbocycles. The summed E-state index contributed by atoms with van der Waals surface area (Å²) >= 11 is 6.18. The van der Waals surface area contributed by atoms with E-state index in [0.717, 1.165) is 16.8 Å². The summed E-state index contributed by atoms with van der Waals surface area (Å²) in [5, 5.41) is 10.1. The van der Waals surface area contributed by atoms with Crippen molar-refractivity contribution in [3.05, 3.63) is 64.7 Å². The number of hydrogen-bond donors (Lipinski definition) is 1. The normalized spacial score (nSPS) is 17.1. The van der Waals surface area contributed by atoms with Crippen molar-refractivity contribution in [3.63, 3.8) is 0 Å². The van der Waals surface area contributed by atoms with E-state index in [1.165, 1.54) is 0 Å². The quantitative estimate of drug-likeness (QED) is 0.941. The number of anilines is 1. The van der Waals surface area contributed by atoms with E-state index in [1.807, 2.05) is 53.4 Å². The summed E-state index contributed by atoms with van der Waals surface area (Å²) in [7, 11) is 0. The van der Waals surface area contributed by atoms with Crippen LogP contribution in [0.3, 0.4) is 0 Å². The summed E-state index contributed by atoms with van der Waals surface area (Å²) in [5.41, 5.74) is 3.00. The first-order chi connectivity index (χ1) is 9.66. The van der Waals surface area contributed by atoms with Crippen LogP contribution in [0.15, 0.2) is 48.5 Å². The Morgan fingerprint density at radius 2 is 1.90 bits per heavy atom. The molecule has 3 nitrogen and oxygen atoms in total. The van der Waals surface area contributed by atoms with Crippen LogP contribution in [0.2, 0.25) is 5.02 Å². The number of rotatable bonds is 3. The van der Waals surface area contributed by atoms with Crippen LogP contribution in [0.4, 0.5) is 5.69 Å². The summed E-state index contributed by atoms with van der Waals surface area (Å²) in [6, 6.07) is 14.9. The van der Waals surface area contributed by atoms with Crippen LogP contribution < -0.4 is 4.90 Å². The number of aliphatic carboxylic acids is 1. The molecule has 0 radical (unpaired) electrons. The number of nitrogens with zero attached hydrogens (tertiary/aromatic N) is 1. The van der Waals surface area contributed by atoms with Crippen LogP contribution in [0.1, 0.15) is 11.1 Å². The minimum atomic E-state index is -0.798. The molecule has 0 spiro atoms. The predicted molar refractivity (Wildman–Crippen MR) is 79.2 cm³/mol. The van der Waals surface area contributed by atoms with Gasteiger partial charge in [0.25, 0.3) is 0 Å². The first-order valence-electron chi connectivity index (χ1n) is 6.47. The van der Waals surface area contributed by atoms with Crippen molar-refractivity contribution in [1.82, 2.24) is 0 Å². The van der Waals surface area contributed by atoms with E-state index in [4.69, 9.17) is 11.6 Å². The molecule has 1 aliphatic rings. The predicted octanol–water partition coefficient (Wildman–Crippen LogP) is 3.36. The molecule has 4 heteroatoms. The fraction of sp³-hybridized carbons (Fsp3) is 0.188. The van der Waals surface area contributed by atoms with Gasteiger partial charge in [0.15, 0.2) is 0 Å². The van der Waals surface area contributed by atoms with E-state index in [2.05, 4.69) is 0 Å². The number of benzene rings is 2. The maximum atomic E-state index is 11.5. The Hall–Kier alpha value is -2.00. The van der Waals surface area contributed by atoms with Gasteiger partial charge in [-0.15, -0.1) is 0 Å². The third-order valence-electron chi connectivity index (χ3n) is 3.67. The molecule has 1 unspecified atom stereocenters. The van der Waals surface area contributed by atoms with Gasteiger partial charge >= 0.3 is 5.97 Å². The summed E-state index contributed by atoms with van der Waals surface area (Å²) in [6.07, 6.45) is 0.538. The van der Waals surface area contributed by atoms with Crippen LogP contribution in [0.25, 0.3) is 0 Å². The Morgan fingerprint density at radius 3 is 2.65 bits per heavy atom. The summed E-state index contributed by atoms with van der Waals surface area (Å²) in [5.74, 6) is -0.798. The second kappa shape index (κ2) is 5.17. The number of carboxylic acids is 1. The third-order valence-corrected chi connectivity index (χ3v) is 4.04. The number of carbonyl (C=O) groups is 1. The number of para-hydroxylation sites is 1. The lowest BCUT2D eigenvalue weighted by Crippen LogP contribution is -2.38. The summed E-state index contributed by atoms with van der Waals surface area (Å²) < 4.78 is 0. The minimum Gasteiger partial charge on any atom is -0.480 e. The van der Waals surface area contributed by atoms with E-state index < -0.39 is 12.0 Å². The number of carboxylic acid groups (broad SMARTS) is 1. The first kappa shape index (κ1) is 13.0. The molecule has 2 aromatic rings. The summed E-state index contributed by atoms with van der Waals surface area (Å²) in [4.78, 5) is 13.4. The van der Waals surface area contributed by atoms with E-state index in [1.54, 1.807) is 0 Å². The van der Waals surface area contributed by atoms with Gasteiger partial charge in [-0.25, -0.2) is 4.79 Å². The lowest BCUT2D eigenvalue weighted by Gasteiger charge is -2.25. The molecule has 3 rings (SSSR count). The van der Waals surface area contributed by atoms with Crippen molar-refractivity contribution < 1.29 is 9.90 Å². The maximum Gasteiger partial charge on any atom is 0.326 e. The molecule has 0 fully saturated rings. The minimum absolute atomic E-state index is 0.508. The van der Waals surface area contributed by atoms with Gasteiger partial charge in [0.2, 0.25) is 0 Å². The third kappa shape index (κ3) is 2.25. The van der Waals surface area contributed by atoms with Gasteiger partial charge < -0.3 is 10.0 Å². The zero-order chi connectivity index (χ0) is 14.1. The Balaban J connectivity index is 1.97. The molecule has 1 heterocycles. The smallest absolute Gasteiger partial charge is 0.326 e. The monoisotopic (exact) mass is 287 g/mol. The average Bonchev–Trinajstić information content (AvgIpc) is 2.81. The van der Waals surface area contributed by atoms with Crippen LogP contribution >= 0.6 is 11.6 Å². The lowest BCUT2D eigenvalue weighted by atomic mass is 10.1. The highest BCUT2D eigenvalue weighted by Gasteiger charge is 2.34. The molecule has 20 heavy (non-hydrogen) atoms. The van der Waals surface area contributed by atoms with E-state index in [9.17, 15) is 9.90 Å².